The standard InChI is InChI=1S/C10H15NO3S/c1-6(12)8-3-4-9(15-8)10(14)7(13)5-11-2/h3-4,7,10-11,13-14H,5H2,1-2H3. The van der Waals surface area contributed by atoms with Gasteiger partial charge in [-0.2, -0.15) is 0 Å². The van der Waals surface area contributed by atoms with Gasteiger partial charge in [0.15, 0.2) is 5.78 Å². The van der Waals surface area contributed by atoms with Crippen molar-refractivity contribution in [3.8, 4) is 0 Å². The lowest BCUT2D eigenvalue weighted by Gasteiger charge is -2.15. The maximum Gasteiger partial charge on any atom is 0.169 e. The number of nitrogens with one attached hydrogen (secondary N) is 1. The van der Waals surface area contributed by atoms with Gasteiger partial charge in [0.1, 0.15) is 6.10 Å². The van der Waals surface area contributed by atoms with Crippen LogP contribution in [0.4, 0.5) is 0 Å². The Kier molecular flexibility index (Phi) is 4.41. The van der Waals surface area contributed by atoms with Crippen LogP contribution >= 0.6 is 11.3 Å². The molecule has 4 nitrogen and oxygen atoms in total. The lowest BCUT2D eigenvalue weighted by atomic mass is 10.1. The zero-order valence-electron chi connectivity index (χ0n) is 8.73. The van der Waals surface area contributed by atoms with Gasteiger partial charge in [-0.05, 0) is 26.1 Å². The SMILES string of the molecule is CNCC(O)C(O)c1ccc(C(C)=O)s1. The first kappa shape index (κ1) is 12.3. The Hall–Kier alpha value is -0.750. The number of likely N-dealkylation sites (N-methyl/N-ethyl adjacent to an activating group) is 1. The van der Waals surface area contributed by atoms with Gasteiger partial charge in [-0.15, -0.1) is 11.3 Å². The van der Waals surface area contributed by atoms with Crippen molar-refractivity contribution in [2.75, 3.05) is 13.6 Å². The normalized spacial score (nSPS) is 14.9. The highest BCUT2D eigenvalue weighted by Gasteiger charge is 2.19. The predicted octanol–water partition coefficient (Wildman–Crippen LogP) is 0.564. The molecule has 0 aromatic carbocycles. The van der Waals surface area contributed by atoms with E-state index in [0.29, 0.717) is 16.3 Å². The number of hydrogen-bond donors (Lipinski definition) is 3. The van der Waals surface area contributed by atoms with Crippen LogP contribution in [0.3, 0.4) is 0 Å². The van der Waals surface area contributed by atoms with Crippen LogP contribution in [0.25, 0.3) is 0 Å². The second-order valence-electron chi connectivity index (χ2n) is 3.33. The van der Waals surface area contributed by atoms with E-state index in [1.165, 1.54) is 18.3 Å². The summed E-state index contributed by atoms with van der Waals surface area (Å²) in [6.45, 7) is 1.79. The van der Waals surface area contributed by atoms with Crippen molar-refractivity contribution in [1.29, 1.82) is 0 Å². The highest BCUT2D eigenvalue weighted by Crippen LogP contribution is 2.25. The molecule has 0 bridgehead atoms. The number of hydrogen-bond acceptors (Lipinski definition) is 5. The maximum absolute atomic E-state index is 11.0. The van der Waals surface area contributed by atoms with Gasteiger partial charge in [-0.25, -0.2) is 0 Å². The molecule has 0 saturated heterocycles. The van der Waals surface area contributed by atoms with Crippen LogP contribution in [0.2, 0.25) is 0 Å². The third-order valence-corrected chi connectivity index (χ3v) is 3.30. The van der Waals surface area contributed by atoms with Gasteiger partial charge in [-0.1, -0.05) is 0 Å². The molecule has 0 amide bonds. The topological polar surface area (TPSA) is 69.6 Å². The van der Waals surface area contributed by atoms with Crippen molar-refractivity contribution in [3.63, 3.8) is 0 Å². The van der Waals surface area contributed by atoms with Crippen LogP contribution in [-0.4, -0.2) is 35.7 Å². The van der Waals surface area contributed by atoms with Crippen molar-refractivity contribution >= 4 is 17.1 Å². The van der Waals surface area contributed by atoms with E-state index in [-0.39, 0.29) is 5.78 Å². The summed E-state index contributed by atoms with van der Waals surface area (Å²) in [5, 5.41) is 22.0. The van der Waals surface area contributed by atoms with Crippen LogP contribution in [0, 0.1) is 0 Å². The van der Waals surface area contributed by atoms with E-state index >= 15 is 0 Å². The molecule has 3 N–H and O–H groups in total. The van der Waals surface area contributed by atoms with Gasteiger partial charge in [0.2, 0.25) is 0 Å². The van der Waals surface area contributed by atoms with Crippen molar-refractivity contribution in [2.45, 2.75) is 19.1 Å². The zero-order valence-corrected chi connectivity index (χ0v) is 9.54. The van der Waals surface area contributed by atoms with E-state index in [4.69, 9.17) is 0 Å². The molecule has 0 spiro atoms. The van der Waals surface area contributed by atoms with E-state index in [9.17, 15) is 15.0 Å². The molecule has 1 aromatic heterocycles. The van der Waals surface area contributed by atoms with Gasteiger partial charge in [0.25, 0.3) is 0 Å². The average Bonchev–Trinajstić information content (AvgIpc) is 2.65. The minimum atomic E-state index is -0.935. The summed E-state index contributed by atoms with van der Waals surface area (Å²) in [6, 6.07) is 3.34. The van der Waals surface area contributed by atoms with Crippen molar-refractivity contribution in [1.82, 2.24) is 5.32 Å². The maximum atomic E-state index is 11.0. The largest absolute Gasteiger partial charge is 0.389 e. The highest BCUT2D eigenvalue weighted by atomic mass is 32.1. The summed E-state index contributed by atoms with van der Waals surface area (Å²) >= 11 is 1.22. The lowest BCUT2D eigenvalue weighted by molar-refractivity contribution is 0.0224. The molecule has 1 aromatic rings. The smallest absolute Gasteiger partial charge is 0.169 e. The summed E-state index contributed by atoms with van der Waals surface area (Å²) in [5.41, 5.74) is 0. The summed E-state index contributed by atoms with van der Waals surface area (Å²) < 4.78 is 0. The Labute approximate surface area is 92.6 Å². The molecule has 0 saturated carbocycles. The Bertz CT molecular complexity index is 337. The summed E-state index contributed by atoms with van der Waals surface area (Å²) in [6.07, 6.45) is -1.79. The molecule has 5 heteroatoms. The third-order valence-electron chi connectivity index (χ3n) is 2.04. The van der Waals surface area contributed by atoms with E-state index in [2.05, 4.69) is 5.32 Å². The molecule has 1 rings (SSSR count). The van der Waals surface area contributed by atoms with Gasteiger partial charge in [0.05, 0.1) is 11.0 Å². The van der Waals surface area contributed by atoms with Crippen LogP contribution in [0.15, 0.2) is 12.1 Å². The molecule has 0 aliphatic heterocycles. The molecule has 15 heavy (non-hydrogen) atoms. The monoisotopic (exact) mass is 229 g/mol. The zero-order chi connectivity index (χ0) is 11.4. The highest BCUT2D eigenvalue weighted by molar-refractivity contribution is 7.14. The van der Waals surface area contributed by atoms with Crippen molar-refractivity contribution in [2.24, 2.45) is 0 Å². The van der Waals surface area contributed by atoms with Crippen LogP contribution in [0.1, 0.15) is 27.6 Å². The number of Topliss-reactive ketones (excluding diaryl/α,β-unsaturated/α-hetero) is 1. The molecular weight excluding hydrogens is 214 g/mol. The van der Waals surface area contributed by atoms with Gasteiger partial charge >= 0.3 is 0 Å². The predicted molar refractivity (Wildman–Crippen MR) is 59.2 cm³/mol. The molecule has 84 valence electrons. The number of carbonyl (C=O) groups is 1. The molecule has 1 heterocycles. The number of ketones is 1. The van der Waals surface area contributed by atoms with Gasteiger partial charge < -0.3 is 15.5 Å². The van der Waals surface area contributed by atoms with E-state index in [0.717, 1.165) is 0 Å². The molecule has 0 fully saturated rings. The Morgan fingerprint density at radius 2 is 2.20 bits per heavy atom. The van der Waals surface area contributed by atoms with Crippen LogP contribution in [-0.2, 0) is 0 Å². The molecule has 2 unspecified atom stereocenters. The first-order valence-corrected chi connectivity index (χ1v) is 5.49. The number of thiophene rings is 1. The Morgan fingerprint density at radius 3 is 2.67 bits per heavy atom. The molecule has 0 aliphatic rings. The fourth-order valence-corrected chi connectivity index (χ4v) is 2.16. The van der Waals surface area contributed by atoms with Gasteiger partial charge in [0, 0.05) is 11.4 Å². The second kappa shape index (κ2) is 5.37. The minimum Gasteiger partial charge on any atom is -0.389 e. The minimum absolute atomic E-state index is 0.0263. The first-order chi connectivity index (χ1) is 7.06. The number of rotatable bonds is 5. The fraction of sp³-hybridized carbons (Fsp3) is 0.500. The lowest BCUT2D eigenvalue weighted by Crippen LogP contribution is -2.29. The first-order valence-electron chi connectivity index (χ1n) is 4.67. The fourth-order valence-electron chi connectivity index (χ4n) is 1.21. The molecule has 0 aliphatic carbocycles. The number of aliphatic hydroxyl groups excluding tert-OH is 2. The van der Waals surface area contributed by atoms with Crippen LogP contribution < -0.4 is 5.32 Å². The quantitative estimate of drug-likeness (QED) is 0.645. The van der Waals surface area contributed by atoms with E-state index in [1.54, 1.807) is 19.2 Å². The Morgan fingerprint density at radius 1 is 1.53 bits per heavy atom. The van der Waals surface area contributed by atoms with Crippen LogP contribution in [0.5, 0.6) is 0 Å². The molecule has 0 radical (unpaired) electrons. The third kappa shape index (κ3) is 3.10. The Balaban J connectivity index is 2.73. The summed E-state index contributed by atoms with van der Waals surface area (Å²) in [5.74, 6) is -0.0263. The van der Waals surface area contributed by atoms with Crippen molar-refractivity contribution in [3.05, 3.63) is 21.9 Å². The second-order valence-corrected chi connectivity index (χ2v) is 4.44. The van der Waals surface area contributed by atoms with Gasteiger partial charge in [-0.3, -0.25) is 4.79 Å². The van der Waals surface area contributed by atoms with E-state index in [1.807, 2.05) is 0 Å². The number of aliphatic hydroxyl groups is 2. The van der Waals surface area contributed by atoms with Crippen molar-refractivity contribution < 1.29 is 15.0 Å². The van der Waals surface area contributed by atoms with E-state index < -0.39 is 12.2 Å². The summed E-state index contributed by atoms with van der Waals surface area (Å²) in [4.78, 5) is 12.2. The number of carbonyl (C=O) groups excluding carboxylic acids is 1. The molecular formula is C10H15NO3S. The molecule has 2 atom stereocenters. The average molecular weight is 229 g/mol. The summed E-state index contributed by atoms with van der Waals surface area (Å²) in [7, 11) is 1.70.